The molecule has 1 aliphatic heterocycles. The number of likely N-dealkylation sites (tertiary alicyclic amines) is 1. The average Bonchev–Trinajstić information content (AvgIpc) is 2.34. The molecular formula is C14H23NO6. The normalized spacial score (nSPS) is 22.4. The van der Waals surface area contributed by atoms with E-state index in [9.17, 15) is 14.4 Å². The number of carbonyl (C=O) groups is 3. The number of amides is 1. The van der Waals surface area contributed by atoms with Crippen LogP contribution in [0.25, 0.3) is 0 Å². The number of rotatable bonds is 2. The zero-order valence-electron chi connectivity index (χ0n) is 13.2. The first-order valence-corrected chi connectivity index (χ1v) is 6.92. The van der Waals surface area contributed by atoms with Crippen molar-refractivity contribution in [2.45, 2.75) is 64.8 Å². The maximum Gasteiger partial charge on any atom is 0.413 e. The Labute approximate surface area is 124 Å². The smallest absolute Gasteiger partial charge is 0.413 e. The number of nitrogens with zero attached hydrogens (tertiary/aromatic N) is 1. The Morgan fingerprint density at radius 1 is 1.14 bits per heavy atom. The van der Waals surface area contributed by atoms with Crippen LogP contribution >= 0.6 is 0 Å². The summed E-state index contributed by atoms with van der Waals surface area (Å²) in [6.07, 6.45) is 0.0616. The molecule has 7 heteroatoms. The molecule has 1 rings (SSSR count). The second kappa shape index (κ2) is 6.78. The van der Waals surface area contributed by atoms with Crippen LogP contribution in [0.15, 0.2) is 0 Å². The molecule has 1 saturated heterocycles. The van der Waals surface area contributed by atoms with Gasteiger partial charge in [0.2, 0.25) is 0 Å². The van der Waals surface area contributed by atoms with Gasteiger partial charge in [-0.15, -0.1) is 0 Å². The van der Waals surface area contributed by atoms with Crippen molar-refractivity contribution in [2.24, 2.45) is 0 Å². The van der Waals surface area contributed by atoms with E-state index in [1.165, 1.54) is 18.9 Å². The molecule has 0 aliphatic carbocycles. The van der Waals surface area contributed by atoms with Gasteiger partial charge in [0.1, 0.15) is 11.6 Å². The summed E-state index contributed by atoms with van der Waals surface area (Å²) in [5, 5.41) is 0. The minimum absolute atomic E-state index is 0.448. The van der Waals surface area contributed by atoms with E-state index >= 15 is 0 Å². The lowest BCUT2D eigenvalue weighted by atomic mass is 10.0. The van der Waals surface area contributed by atoms with Crippen molar-refractivity contribution in [2.75, 3.05) is 7.11 Å². The lowest BCUT2D eigenvalue weighted by Gasteiger charge is -2.39. The summed E-state index contributed by atoms with van der Waals surface area (Å²) in [5.74, 6) is -1.06. The van der Waals surface area contributed by atoms with Crippen LogP contribution in [0.4, 0.5) is 4.79 Å². The van der Waals surface area contributed by atoms with Gasteiger partial charge in [0.15, 0.2) is 6.23 Å². The molecule has 0 radical (unpaired) electrons. The van der Waals surface area contributed by atoms with Crippen molar-refractivity contribution in [3.63, 3.8) is 0 Å². The zero-order valence-corrected chi connectivity index (χ0v) is 13.2. The second-order valence-electron chi connectivity index (χ2n) is 5.92. The lowest BCUT2D eigenvalue weighted by Crippen LogP contribution is -2.56. The van der Waals surface area contributed by atoms with Gasteiger partial charge in [-0.1, -0.05) is 0 Å². The standard InChI is InChI=1S/C14H23NO6/c1-9(16)20-11-8-6-7-10(12(17)19-5)15(11)13(18)21-14(2,3)4/h10-11H,6-8H2,1-5H3/t10-,11?/m0/s1. The van der Waals surface area contributed by atoms with E-state index in [2.05, 4.69) is 0 Å². The van der Waals surface area contributed by atoms with Crippen LogP contribution in [-0.4, -0.2) is 47.9 Å². The van der Waals surface area contributed by atoms with Crippen molar-refractivity contribution in [1.82, 2.24) is 4.90 Å². The van der Waals surface area contributed by atoms with Crippen molar-refractivity contribution in [3.8, 4) is 0 Å². The quantitative estimate of drug-likeness (QED) is 0.572. The second-order valence-corrected chi connectivity index (χ2v) is 5.92. The largest absolute Gasteiger partial charge is 0.467 e. The van der Waals surface area contributed by atoms with Gasteiger partial charge in [-0.05, 0) is 33.6 Å². The summed E-state index contributed by atoms with van der Waals surface area (Å²) in [4.78, 5) is 36.6. The maximum atomic E-state index is 12.3. The highest BCUT2D eigenvalue weighted by molar-refractivity contribution is 5.82. The highest BCUT2D eigenvalue weighted by Crippen LogP contribution is 2.27. The molecule has 7 nitrogen and oxygen atoms in total. The molecule has 120 valence electrons. The number of carbonyl (C=O) groups excluding carboxylic acids is 3. The van der Waals surface area contributed by atoms with Gasteiger partial charge in [0, 0.05) is 13.3 Å². The molecule has 0 aromatic carbocycles. The van der Waals surface area contributed by atoms with E-state index in [-0.39, 0.29) is 0 Å². The SMILES string of the molecule is COC(=O)[C@@H]1CCCC(OC(C)=O)N1C(=O)OC(C)(C)C. The number of esters is 2. The first-order valence-electron chi connectivity index (χ1n) is 6.92. The third-order valence-electron chi connectivity index (χ3n) is 2.95. The molecule has 0 saturated carbocycles. The molecule has 1 aliphatic rings. The Hall–Kier alpha value is -1.79. The Balaban J connectivity index is 3.00. The molecule has 21 heavy (non-hydrogen) atoms. The first-order chi connectivity index (χ1) is 9.65. The maximum absolute atomic E-state index is 12.3. The molecule has 0 aromatic rings. The summed E-state index contributed by atoms with van der Waals surface area (Å²) in [5.41, 5.74) is -0.712. The van der Waals surface area contributed by atoms with Gasteiger partial charge in [-0.25, -0.2) is 9.59 Å². The van der Waals surface area contributed by atoms with Crippen molar-refractivity contribution in [3.05, 3.63) is 0 Å². The van der Waals surface area contributed by atoms with Crippen LogP contribution in [0.1, 0.15) is 47.0 Å². The van der Waals surface area contributed by atoms with E-state index in [1.54, 1.807) is 20.8 Å². The molecule has 1 unspecified atom stereocenters. The Kier molecular flexibility index (Phi) is 5.57. The van der Waals surface area contributed by atoms with Crippen LogP contribution in [-0.2, 0) is 23.8 Å². The third-order valence-corrected chi connectivity index (χ3v) is 2.95. The van der Waals surface area contributed by atoms with Crippen molar-refractivity contribution >= 4 is 18.0 Å². The zero-order chi connectivity index (χ0) is 16.2. The monoisotopic (exact) mass is 301 g/mol. The Bertz CT molecular complexity index is 414. The van der Waals surface area contributed by atoms with Crippen LogP contribution in [0, 0.1) is 0 Å². The highest BCUT2D eigenvalue weighted by atomic mass is 16.6. The van der Waals surface area contributed by atoms with Gasteiger partial charge < -0.3 is 14.2 Å². The minimum atomic E-state index is -0.810. The van der Waals surface area contributed by atoms with E-state index in [4.69, 9.17) is 14.2 Å². The summed E-state index contributed by atoms with van der Waals surface area (Å²) in [6, 6.07) is -0.803. The molecule has 0 aromatic heterocycles. The number of piperidine rings is 1. The number of hydrogen-bond acceptors (Lipinski definition) is 6. The van der Waals surface area contributed by atoms with Gasteiger partial charge in [-0.3, -0.25) is 9.69 Å². The van der Waals surface area contributed by atoms with Gasteiger partial charge >= 0.3 is 18.0 Å². The summed E-state index contributed by atoms with van der Waals surface area (Å²) in [6.45, 7) is 6.43. The van der Waals surface area contributed by atoms with Gasteiger partial charge in [0.05, 0.1) is 7.11 Å². The van der Waals surface area contributed by atoms with Crippen LogP contribution in [0.3, 0.4) is 0 Å². The van der Waals surface area contributed by atoms with E-state index < -0.39 is 35.9 Å². The molecule has 2 atom stereocenters. The fourth-order valence-electron chi connectivity index (χ4n) is 2.20. The number of ether oxygens (including phenoxy) is 3. The van der Waals surface area contributed by atoms with Crippen LogP contribution in [0.2, 0.25) is 0 Å². The minimum Gasteiger partial charge on any atom is -0.467 e. The topological polar surface area (TPSA) is 82.1 Å². The van der Waals surface area contributed by atoms with Crippen molar-refractivity contribution in [1.29, 1.82) is 0 Å². The lowest BCUT2D eigenvalue weighted by molar-refractivity contribution is -0.170. The number of methoxy groups -OCH3 is 1. The molecular weight excluding hydrogens is 278 g/mol. The third kappa shape index (κ3) is 4.91. The van der Waals surface area contributed by atoms with Gasteiger partial charge in [0.25, 0.3) is 0 Å². The Morgan fingerprint density at radius 3 is 2.24 bits per heavy atom. The summed E-state index contributed by atoms with van der Waals surface area (Å²) >= 11 is 0. The van der Waals surface area contributed by atoms with Crippen LogP contribution in [0.5, 0.6) is 0 Å². The first kappa shape index (κ1) is 17.3. The molecule has 1 heterocycles. The summed E-state index contributed by atoms with van der Waals surface area (Å²) in [7, 11) is 1.26. The predicted octanol–water partition coefficient (Wildman–Crippen LogP) is 1.84. The summed E-state index contributed by atoms with van der Waals surface area (Å²) < 4.78 is 15.2. The van der Waals surface area contributed by atoms with E-state index in [1.807, 2.05) is 0 Å². The highest BCUT2D eigenvalue weighted by Gasteiger charge is 2.42. The Morgan fingerprint density at radius 2 is 1.76 bits per heavy atom. The molecule has 1 amide bonds. The fraction of sp³-hybridized carbons (Fsp3) is 0.786. The van der Waals surface area contributed by atoms with Crippen molar-refractivity contribution < 1.29 is 28.6 Å². The van der Waals surface area contributed by atoms with Gasteiger partial charge in [-0.2, -0.15) is 0 Å². The van der Waals surface area contributed by atoms with E-state index in [0.29, 0.717) is 19.3 Å². The fourth-order valence-corrected chi connectivity index (χ4v) is 2.20. The number of hydrogen-bond donors (Lipinski definition) is 0. The molecule has 0 bridgehead atoms. The predicted molar refractivity (Wildman–Crippen MR) is 73.3 cm³/mol. The molecule has 0 N–H and O–H groups in total. The van der Waals surface area contributed by atoms with Crippen LogP contribution < -0.4 is 0 Å². The van der Waals surface area contributed by atoms with E-state index in [0.717, 1.165) is 0 Å². The molecule has 0 spiro atoms. The molecule has 1 fully saturated rings. The average molecular weight is 301 g/mol.